The summed E-state index contributed by atoms with van der Waals surface area (Å²) in [6, 6.07) is 15.5. The van der Waals surface area contributed by atoms with Crippen LogP contribution in [-0.2, 0) is 10.0 Å². The number of nitrogens with one attached hydrogen (secondary N) is 2. The Morgan fingerprint density at radius 3 is 2.48 bits per heavy atom. The zero-order chi connectivity index (χ0) is 24.0. The molecule has 3 aromatic rings. The van der Waals surface area contributed by atoms with E-state index in [0.29, 0.717) is 11.3 Å². The van der Waals surface area contributed by atoms with Gasteiger partial charge in [0, 0.05) is 17.7 Å². The number of methoxy groups -OCH3 is 1. The van der Waals surface area contributed by atoms with Crippen LogP contribution in [-0.4, -0.2) is 37.7 Å². The molecule has 0 aliphatic heterocycles. The third kappa shape index (κ3) is 5.43. The minimum atomic E-state index is -4.44. The van der Waals surface area contributed by atoms with E-state index >= 15 is 0 Å². The SMILES string of the molecule is COc1ccccc1C=NNc1ccc([N+](=O)[O-])cc1S(=O)(=O)Nc1ccccc1C(=O)O. The highest BCUT2D eigenvalue weighted by Crippen LogP contribution is 2.29. The lowest BCUT2D eigenvalue weighted by Gasteiger charge is -2.13. The molecule has 3 rings (SSSR count). The van der Waals surface area contributed by atoms with Gasteiger partial charge in [0.05, 0.1) is 35.2 Å². The average molecular weight is 470 g/mol. The van der Waals surface area contributed by atoms with Crippen LogP contribution in [0.4, 0.5) is 17.1 Å². The Kier molecular flexibility index (Phi) is 6.88. The summed E-state index contributed by atoms with van der Waals surface area (Å²) in [7, 11) is -2.95. The number of rotatable bonds is 9. The van der Waals surface area contributed by atoms with Crippen LogP contribution in [0.25, 0.3) is 0 Å². The molecule has 170 valence electrons. The van der Waals surface area contributed by atoms with E-state index < -0.39 is 31.5 Å². The van der Waals surface area contributed by atoms with Gasteiger partial charge in [0.25, 0.3) is 15.7 Å². The Morgan fingerprint density at radius 2 is 1.79 bits per heavy atom. The van der Waals surface area contributed by atoms with Crippen LogP contribution in [0, 0.1) is 10.1 Å². The molecule has 12 heteroatoms. The highest BCUT2D eigenvalue weighted by Gasteiger charge is 2.24. The maximum atomic E-state index is 13.1. The molecule has 0 saturated heterocycles. The van der Waals surface area contributed by atoms with Gasteiger partial charge >= 0.3 is 5.97 Å². The first-order chi connectivity index (χ1) is 15.7. The number of nitro benzene ring substituents is 1. The van der Waals surface area contributed by atoms with Crippen molar-refractivity contribution < 1.29 is 28.0 Å². The lowest BCUT2D eigenvalue weighted by Crippen LogP contribution is -2.17. The van der Waals surface area contributed by atoms with Crippen molar-refractivity contribution >= 4 is 39.3 Å². The second-order valence-electron chi connectivity index (χ2n) is 6.51. The van der Waals surface area contributed by atoms with Crippen LogP contribution in [0.3, 0.4) is 0 Å². The molecule has 3 aromatic carbocycles. The largest absolute Gasteiger partial charge is 0.496 e. The lowest BCUT2D eigenvalue weighted by atomic mass is 10.2. The first kappa shape index (κ1) is 23.2. The number of carboxylic acids is 1. The molecular formula is C21H18N4O7S. The number of para-hydroxylation sites is 2. The predicted molar refractivity (Wildman–Crippen MR) is 122 cm³/mol. The van der Waals surface area contributed by atoms with Gasteiger partial charge in [-0.1, -0.05) is 24.3 Å². The number of nitrogens with zero attached hydrogens (tertiary/aromatic N) is 2. The van der Waals surface area contributed by atoms with Crippen LogP contribution in [0.15, 0.2) is 76.7 Å². The fourth-order valence-electron chi connectivity index (χ4n) is 2.84. The number of sulfonamides is 1. The number of ether oxygens (including phenoxy) is 1. The highest BCUT2D eigenvalue weighted by atomic mass is 32.2. The number of carboxylic acid groups (broad SMARTS) is 1. The third-order valence-electron chi connectivity index (χ3n) is 4.39. The molecular weight excluding hydrogens is 452 g/mol. The number of hydrogen-bond acceptors (Lipinski definition) is 8. The molecule has 0 saturated carbocycles. The molecule has 11 nitrogen and oxygen atoms in total. The second-order valence-corrected chi connectivity index (χ2v) is 8.16. The molecule has 0 aromatic heterocycles. The van der Waals surface area contributed by atoms with E-state index in [9.17, 15) is 28.4 Å². The number of hydrazone groups is 1. The maximum Gasteiger partial charge on any atom is 0.337 e. The molecule has 3 N–H and O–H groups in total. The average Bonchev–Trinajstić information content (AvgIpc) is 2.79. The summed E-state index contributed by atoms with van der Waals surface area (Å²) in [6.07, 6.45) is 1.39. The monoisotopic (exact) mass is 470 g/mol. The molecule has 33 heavy (non-hydrogen) atoms. The number of nitro groups is 1. The minimum Gasteiger partial charge on any atom is -0.496 e. The smallest absolute Gasteiger partial charge is 0.337 e. The molecule has 0 atom stereocenters. The van der Waals surface area contributed by atoms with Crippen molar-refractivity contribution in [3.8, 4) is 5.75 Å². The zero-order valence-corrected chi connectivity index (χ0v) is 17.9. The predicted octanol–water partition coefficient (Wildman–Crippen LogP) is 3.55. The number of carbonyl (C=O) groups is 1. The molecule has 0 radical (unpaired) electrons. The van der Waals surface area contributed by atoms with Crippen LogP contribution in [0.1, 0.15) is 15.9 Å². The number of aromatic carboxylic acids is 1. The topological polar surface area (TPSA) is 160 Å². The molecule has 0 spiro atoms. The molecule has 0 fully saturated rings. The fraction of sp³-hybridized carbons (Fsp3) is 0.0476. The molecule has 0 bridgehead atoms. The Labute approximate surface area is 188 Å². The van der Waals surface area contributed by atoms with Crippen LogP contribution < -0.4 is 14.9 Å². The van der Waals surface area contributed by atoms with Gasteiger partial charge in [-0.15, -0.1) is 0 Å². The quantitative estimate of drug-likeness (QED) is 0.243. The van der Waals surface area contributed by atoms with Crippen molar-refractivity contribution in [3.63, 3.8) is 0 Å². The zero-order valence-electron chi connectivity index (χ0n) is 17.1. The van der Waals surface area contributed by atoms with Crippen molar-refractivity contribution in [2.45, 2.75) is 4.90 Å². The van der Waals surface area contributed by atoms with Crippen molar-refractivity contribution in [3.05, 3.63) is 88.0 Å². The van der Waals surface area contributed by atoms with E-state index in [1.807, 2.05) is 0 Å². The summed E-state index contributed by atoms with van der Waals surface area (Å²) in [5, 5.41) is 24.5. The first-order valence-electron chi connectivity index (χ1n) is 9.28. The summed E-state index contributed by atoms with van der Waals surface area (Å²) in [5.74, 6) is -0.807. The van der Waals surface area contributed by atoms with E-state index in [2.05, 4.69) is 15.2 Å². The summed E-state index contributed by atoms with van der Waals surface area (Å²) in [6.45, 7) is 0. The Bertz CT molecular complexity index is 1340. The molecule has 0 heterocycles. The van der Waals surface area contributed by atoms with Gasteiger partial charge in [-0.25, -0.2) is 13.2 Å². The van der Waals surface area contributed by atoms with Crippen molar-refractivity contribution in [2.75, 3.05) is 17.3 Å². The summed E-state index contributed by atoms with van der Waals surface area (Å²) in [4.78, 5) is 21.4. The van der Waals surface area contributed by atoms with Gasteiger partial charge in [0.1, 0.15) is 10.6 Å². The van der Waals surface area contributed by atoms with E-state index in [0.717, 1.165) is 12.1 Å². The summed E-state index contributed by atoms with van der Waals surface area (Å²) >= 11 is 0. The van der Waals surface area contributed by atoms with Gasteiger partial charge in [-0.2, -0.15) is 5.10 Å². The highest BCUT2D eigenvalue weighted by molar-refractivity contribution is 7.93. The van der Waals surface area contributed by atoms with Gasteiger partial charge < -0.3 is 9.84 Å². The third-order valence-corrected chi connectivity index (χ3v) is 5.80. The minimum absolute atomic E-state index is 0.0629. The Balaban J connectivity index is 1.99. The molecule has 0 amide bonds. The maximum absolute atomic E-state index is 13.1. The van der Waals surface area contributed by atoms with Gasteiger partial charge in [0.15, 0.2) is 0 Å². The van der Waals surface area contributed by atoms with E-state index in [4.69, 9.17) is 4.74 Å². The number of hydrogen-bond donors (Lipinski definition) is 3. The van der Waals surface area contributed by atoms with Crippen molar-refractivity contribution in [2.24, 2.45) is 5.10 Å². The van der Waals surface area contributed by atoms with E-state index in [1.54, 1.807) is 24.3 Å². The van der Waals surface area contributed by atoms with Gasteiger partial charge in [-0.05, 0) is 30.3 Å². The second kappa shape index (κ2) is 9.78. The number of anilines is 2. The summed E-state index contributed by atoms with van der Waals surface area (Å²) < 4.78 is 33.5. The Morgan fingerprint density at radius 1 is 1.09 bits per heavy atom. The van der Waals surface area contributed by atoms with Crippen molar-refractivity contribution in [1.29, 1.82) is 0 Å². The first-order valence-corrected chi connectivity index (χ1v) is 10.8. The standard InChI is InChI=1S/C21H18N4O7S/c1-32-19-9-5-2-6-14(19)13-22-23-18-11-10-15(25(28)29)12-20(18)33(30,31)24-17-8-4-3-7-16(17)21(26)27/h2-13,23-24H,1H3,(H,26,27). The van der Waals surface area contributed by atoms with Gasteiger partial charge in [-0.3, -0.25) is 20.3 Å². The normalized spacial score (nSPS) is 11.2. The van der Waals surface area contributed by atoms with Crippen LogP contribution in [0.5, 0.6) is 5.75 Å². The van der Waals surface area contributed by atoms with Gasteiger partial charge in [0.2, 0.25) is 0 Å². The van der Waals surface area contributed by atoms with Crippen molar-refractivity contribution in [1.82, 2.24) is 0 Å². The molecule has 0 unspecified atom stereocenters. The molecule has 0 aliphatic carbocycles. The fourth-order valence-corrected chi connectivity index (χ4v) is 4.10. The number of benzene rings is 3. The lowest BCUT2D eigenvalue weighted by molar-refractivity contribution is -0.385. The number of non-ortho nitro benzene ring substituents is 1. The van der Waals surface area contributed by atoms with Crippen LogP contribution >= 0.6 is 0 Å². The van der Waals surface area contributed by atoms with Crippen LogP contribution in [0.2, 0.25) is 0 Å². The Hall–Kier alpha value is -4.45. The van der Waals surface area contributed by atoms with E-state index in [1.165, 1.54) is 43.7 Å². The van der Waals surface area contributed by atoms with E-state index in [-0.39, 0.29) is 16.9 Å². The molecule has 0 aliphatic rings. The summed E-state index contributed by atoms with van der Waals surface area (Å²) in [5.41, 5.74) is 2.16.